The maximum Gasteiger partial charge on any atom is 0.386 e. The molecule has 9 aliphatic rings. The summed E-state index contributed by atoms with van der Waals surface area (Å²) < 4.78 is 232. The van der Waals surface area contributed by atoms with E-state index in [1.165, 1.54) is 69.5 Å². The number of thiol groups is 1. The van der Waals surface area contributed by atoms with Crippen molar-refractivity contribution in [1.29, 1.82) is 0 Å². The molecule has 29 atom stereocenters. The summed E-state index contributed by atoms with van der Waals surface area (Å²) in [6.45, 7) is -31.2. The lowest BCUT2D eigenvalue weighted by Gasteiger charge is -2.28. The number of H-pyrrole nitrogens is 3. The highest BCUT2D eigenvalue weighted by Crippen LogP contribution is 2.62. The van der Waals surface area contributed by atoms with E-state index >= 15 is 30.7 Å². The Bertz CT molecular complexity index is 6940. The van der Waals surface area contributed by atoms with Crippen molar-refractivity contribution in [2.75, 3.05) is 74.0 Å². The Kier molecular flexibility index (Phi) is 26.1. The SMILES string of the molecule is Nc1nc2c(ncn2[C@@H]2O[C@@H]3COP(=O)(S)O[C@H]4[C@H](F)[C@H](n5cnc6c(N)ccnc65)O[C@@H]4COP(O)(=S)O[C@@H]2[C@H]3F)c(=O)[nH]1.Nc1nc2c(ncn2[C@@H]2O[C@@H]3COP(O)(=S)O[C@H]4[C@H](F)[C@H](n5cnc6c(N)ccnc65)O[C@@H]4COP(O)(=S)O[C@@H]2C3(F)F)c(=O)[nH]1.Nc1nc2c(ncn2[C@@H]2O[C@@H]3COP(O)(=S)O[C@H]4[C@H](F)[C@H](n5cnc6c(N)ccnc65)O[C@@H]4COP(O)(=S)O[C@@H]2[C@H]3F)c(=O)[nH]1. The molecule has 0 saturated carbocycles. The molecular weight excluding hydrogens is 2080 g/mol. The Balaban J connectivity index is 0.000000131. The standard InChI is InChI=1S/C21H22F3N9O9P2S2.2C21H23F2N9O9P2S2/c22-10-13-8(39-18(10)32-5-28-11-7(25)1-2-27-15(11)32)3-37-44(36,46)42-14-19(33-6-29-12-16(33)30-20(26)31-17(12)34)40-9(21(14,23)24)4-38-43(35,45)41-13;2*22-10-8-3-36-42(34,44)40-14-9(39-19(11(14)23)31-5-27-12-7(24)1-2-26-16(12)31)4-37-43(35,45)41-15(10)20(38-8)32-6-28-13-17(32)29-21(25)30-18(13)33/h1-2,5-6,8-10,13-14,18-19H,3-4H2,(H2,25,27)(H,35,45)(H,36,46)(H3,26,30,31,34);2*1-2,5-6,8-11,14-15,19-20H,3-4H2,(H2,24,26)(H,34,44)(H,35,45)(H3,25,29,30,33)/t8-,9-,10+,13-,14+,18-,19-,43?,44?;2*8-,9-,10+,11+,14-,15-,19-,20-,42?,43?/m111/s1. The Labute approximate surface area is 780 Å². The number of fused-ring (bicyclic) bond motifs is 15. The van der Waals surface area contributed by atoms with Gasteiger partial charge in [-0.3, -0.25) is 88.4 Å². The van der Waals surface area contributed by atoms with Crippen LogP contribution in [0.5, 0.6) is 0 Å². The molecule has 12 aromatic rings. The Morgan fingerprint density at radius 1 is 0.360 bits per heavy atom. The topological polar surface area (TPSA) is 723 Å². The minimum Gasteiger partial charge on any atom is -0.397 e. The highest BCUT2D eigenvalue weighted by molar-refractivity contribution is 8.44. The van der Waals surface area contributed by atoms with Crippen LogP contribution in [-0.4, -0.2) is 276 Å². The first-order valence-corrected chi connectivity index (χ1v) is 54.8. The summed E-state index contributed by atoms with van der Waals surface area (Å²) in [5, 5.41) is 0. The maximum absolute atomic E-state index is 16.0. The molecule has 6 bridgehead atoms. The van der Waals surface area contributed by atoms with Gasteiger partial charge in [-0.1, -0.05) is 12.2 Å². The summed E-state index contributed by atoms with van der Waals surface area (Å²) in [6, 6.07) is 4.53. The number of hydrogen-bond donors (Lipinski definition) is 15. The number of nitrogens with zero attached hydrogens (tertiary/aromatic N) is 18. The van der Waals surface area contributed by atoms with Crippen LogP contribution in [0.2, 0.25) is 0 Å². The minimum atomic E-state index is -4.62. The molecule has 136 heavy (non-hydrogen) atoms. The van der Waals surface area contributed by atoms with Crippen LogP contribution < -0.4 is 51.1 Å². The zero-order valence-electron chi connectivity index (χ0n) is 67.5. The van der Waals surface area contributed by atoms with E-state index in [1.54, 1.807) is 0 Å². The van der Waals surface area contributed by atoms with Crippen molar-refractivity contribution in [3.05, 3.63) is 106 Å². The van der Waals surface area contributed by atoms with Gasteiger partial charge in [-0.25, -0.2) is 80.2 Å². The molecule has 0 amide bonds. The number of aromatic amines is 3. The molecule has 20 N–H and O–H groups in total. The lowest BCUT2D eigenvalue weighted by molar-refractivity contribution is -0.118. The Morgan fingerprint density at radius 2 is 0.640 bits per heavy atom. The van der Waals surface area contributed by atoms with Crippen LogP contribution in [0.4, 0.5) is 65.6 Å². The van der Waals surface area contributed by atoms with Crippen molar-refractivity contribution >= 4 is 214 Å². The predicted molar refractivity (Wildman–Crippen MR) is 470 cm³/mol. The first-order valence-electron chi connectivity index (χ1n) is 39.1. The van der Waals surface area contributed by atoms with Crippen molar-refractivity contribution in [3.63, 3.8) is 0 Å². The summed E-state index contributed by atoms with van der Waals surface area (Å²) in [5.41, 5.74) is 34.0. The highest BCUT2D eigenvalue weighted by atomic mass is 32.7. The summed E-state index contributed by atoms with van der Waals surface area (Å²) in [5.74, 6) is -4.87. The molecule has 73 heteroatoms. The van der Waals surface area contributed by atoms with Crippen molar-refractivity contribution in [3.8, 4) is 0 Å². The average Bonchev–Trinajstić information content (AvgIpc) is 1.58. The second kappa shape index (κ2) is 36.6. The molecular formula is C63H68F7N27O27P6S6. The van der Waals surface area contributed by atoms with Gasteiger partial charge in [0, 0.05) is 18.6 Å². The fourth-order valence-corrected chi connectivity index (χ4v) is 24.5. The van der Waals surface area contributed by atoms with E-state index in [9.17, 15) is 43.4 Å². The molecule has 54 nitrogen and oxygen atoms in total. The molecule has 6 unspecified atom stereocenters. The number of pyridine rings is 3. The third kappa shape index (κ3) is 18.6. The number of halogens is 7. The quantitative estimate of drug-likeness (QED) is 0.0646. The number of anilines is 6. The molecule has 9 saturated heterocycles. The number of rotatable bonds is 6. The molecule has 21 heterocycles. The second-order valence-corrected chi connectivity index (χ2v) is 47.5. The molecule has 732 valence electrons. The average molecular weight is 2150 g/mol. The third-order valence-corrected chi connectivity index (χ3v) is 31.5. The fraction of sp³-hybridized carbons (Fsp3) is 0.476. The van der Waals surface area contributed by atoms with Gasteiger partial charge in [0.25, 0.3) is 16.7 Å². The lowest BCUT2D eigenvalue weighted by atomic mass is 10.1. The van der Waals surface area contributed by atoms with E-state index in [0.717, 1.165) is 32.7 Å². The van der Waals surface area contributed by atoms with Gasteiger partial charge in [-0.15, -0.1) is 0 Å². The van der Waals surface area contributed by atoms with Gasteiger partial charge in [-0.05, 0) is 77.2 Å². The monoisotopic (exact) mass is 2150 g/mol. The Hall–Kier alpha value is -7.87. The summed E-state index contributed by atoms with van der Waals surface area (Å²) >= 11 is 29.5. The number of hydrogen-bond acceptors (Lipinski definition) is 45. The molecule has 0 aromatic carbocycles. The van der Waals surface area contributed by atoms with E-state index in [-0.39, 0.29) is 90.7 Å². The Morgan fingerprint density at radius 3 is 0.993 bits per heavy atom. The molecule has 21 rings (SSSR count). The summed E-state index contributed by atoms with van der Waals surface area (Å²) in [7, 11) is 0. The first kappa shape index (κ1) is 97.0. The van der Waals surface area contributed by atoms with Crippen LogP contribution in [0, 0.1) is 0 Å². The number of nitrogens with two attached hydrogens (primary N) is 6. The smallest absolute Gasteiger partial charge is 0.386 e. The van der Waals surface area contributed by atoms with Gasteiger partial charge < -0.3 is 110 Å². The van der Waals surface area contributed by atoms with E-state index in [2.05, 4.69) is 87.0 Å². The summed E-state index contributed by atoms with van der Waals surface area (Å²) in [4.78, 5) is 147. The number of alkyl halides is 7. The highest BCUT2D eigenvalue weighted by Gasteiger charge is 2.64. The zero-order chi connectivity index (χ0) is 96.4. The maximum atomic E-state index is 16.0. The zero-order valence-corrected chi connectivity index (χ0v) is 77.8. The largest absolute Gasteiger partial charge is 0.397 e. The van der Waals surface area contributed by atoms with Gasteiger partial charge in [0.1, 0.15) is 77.6 Å². The van der Waals surface area contributed by atoms with Gasteiger partial charge in [0.2, 0.25) is 17.8 Å². The lowest BCUT2D eigenvalue weighted by Crippen LogP contribution is -2.42. The van der Waals surface area contributed by atoms with E-state index in [1.807, 2.05) is 0 Å². The molecule has 0 radical (unpaired) electrons. The molecule has 0 aliphatic carbocycles. The molecule has 9 aliphatic heterocycles. The van der Waals surface area contributed by atoms with Gasteiger partial charge >= 0.3 is 46.3 Å². The van der Waals surface area contributed by atoms with Crippen LogP contribution in [0.1, 0.15) is 37.4 Å². The van der Waals surface area contributed by atoms with Crippen molar-refractivity contribution in [1.82, 2.24) is 102 Å². The van der Waals surface area contributed by atoms with Gasteiger partial charge in [-0.2, -0.15) is 15.0 Å². The van der Waals surface area contributed by atoms with E-state index in [0.29, 0.717) is 11.2 Å². The number of nitrogen functional groups attached to an aromatic ring is 6. The second-order valence-electron chi connectivity index (χ2n) is 30.7. The normalized spacial score (nSPS) is 37.3. The van der Waals surface area contributed by atoms with Crippen molar-refractivity contribution in [2.24, 2.45) is 0 Å². The summed E-state index contributed by atoms with van der Waals surface area (Å²) in [6.07, 6.45) is -28.3. The number of ether oxygens (including phenoxy) is 6. The van der Waals surface area contributed by atoms with Gasteiger partial charge in [0.05, 0.1) is 94.7 Å². The van der Waals surface area contributed by atoms with Crippen LogP contribution >= 0.6 is 52.6 Å². The minimum absolute atomic E-state index is 0.0852. The molecule has 0 spiro atoms. The van der Waals surface area contributed by atoms with Crippen molar-refractivity contribution in [2.45, 2.75) is 147 Å². The van der Waals surface area contributed by atoms with Crippen LogP contribution in [0.25, 0.3) is 67.0 Å². The van der Waals surface area contributed by atoms with Crippen molar-refractivity contribution < 1.29 is 142 Å². The number of imidazole rings is 6. The van der Waals surface area contributed by atoms with E-state index in [4.69, 9.17) is 176 Å². The van der Waals surface area contributed by atoms with Crippen LogP contribution in [-0.2, 0) is 146 Å². The van der Waals surface area contributed by atoms with E-state index < -0.39 is 244 Å². The molecule has 12 aromatic heterocycles. The predicted octanol–water partition coefficient (Wildman–Crippen LogP) is 2.47. The first-order chi connectivity index (χ1) is 64.3. The third-order valence-electron chi connectivity index (χ3n) is 22.1. The molecule has 9 fully saturated rings. The number of aromatic nitrogens is 21. The van der Waals surface area contributed by atoms with Crippen LogP contribution in [0.3, 0.4) is 0 Å². The fourth-order valence-electron chi connectivity index (χ4n) is 16.0. The van der Waals surface area contributed by atoms with Gasteiger partial charge in [0.15, 0.2) is 131 Å². The van der Waals surface area contributed by atoms with Crippen LogP contribution in [0.15, 0.2) is 89.1 Å². The number of nitrogens with one attached hydrogen (secondary N) is 3.